The predicted octanol–water partition coefficient (Wildman–Crippen LogP) is 5.16. The summed E-state index contributed by atoms with van der Waals surface area (Å²) in [5, 5.41) is 0. The van der Waals surface area contributed by atoms with Crippen molar-refractivity contribution in [2.45, 2.75) is 100 Å². The molecule has 1 nitrogen and oxygen atoms in total. The van der Waals surface area contributed by atoms with E-state index in [0.717, 1.165) is 34.2 Å². The molecule has 3 fully saturated rings. The number of hydrogen-bond donors (Lipinski definition) is 1. The van der Waals surface area contributed by atoms with Crippen LogP contribution in [-0.2, 0) is 0 Å². The monoisotopic (exact) mass is 313 g/mol. The lowest BCUT2D eigenvalue weighted by Gasteiger charge is -2.38. The van der Waals surface area contributed by atoms with E-state index in [9.17, 15) is 0 Å². The first kappa shape index (κ1) is 15.7. The molecular formula is C17H33NP2. The van der Waals surface area contributed by atoms with E-state index in [0.29, 0.717) is 5.78 Å². The number of rotatable bonds is 2. The van der Waals surface area contributed by atoms with Crippen LogP contribution in [-0.4, -0.2) is 34.1 Å². The Bertz CT molecular complexity index is 296. The van der Waals surface area contributed by atoms with Gasteiger partial charge in [0.1, 0.15) is 0 Å². The van der Waals surface area contributed by atoms with Crippen molar-refractivity contribution >= 4 is 15.8 Å². The van der Waals surface area contributed by atoms with Crippen LogP contribution in [0, 0.1) is 5.92 Å². The maximum Gasteiger partial charge on any atom is 0.0248 e. The molecule has 0 aromatic rings. The third kappa shape index (κ3) is 2.73. The van der Waals surface area contributed by atoms with Crippen molar-refractivity contribution in [1.29, 1.82) is 0 Å². The zero-order chi connectivity index (χ0) is 14.4. The van der Waals surface area contributed by atoms with Crippen LogP contribution in [0.25, 0.3) is 0 Å². The van der Waals surface area contributed by atoms with Crippen LogP contribution in [0.5, 0.6) is 0 Å². The molecule has 4 unspecified atom stereocenters. The Hall–Kier alpha value is 0.820. The van der Waals surface area contributed by atoms with Gasteiger partial charge in [0.2, 0.25) is 0 Å². The molecule has 2 aliphatic heterocycles. The Morgan fingerprint density at radius 3 is 1.65 bits per heavy atom. The number of nitrogens with two attached hydrogens (primary N) is 1. The normalized spacial score (nSPS) is 53.9. The largest absolute Gasteiger partial charge is 0.324 e. The molecule has 3 rings (SSSR count). The summed E-state index contributed by atoms with van der Waals surface area (Å²) < 4.78 is 0. The van der Waals surface area contributed by atoms with Gasteiger partial charge in [-0.05, 0) is 72.7 Å². The fourth-order valence-corrected chi connectivity index (χ4v) is 14.3. The van der Waals surface area contributed by atoms with E-state index < -0.39 is 0 Å². The maximum atomic E-state index is 6.56. The van der Waals surface area contributed by atoms with E-state index in [1.54, 1.807) is 0 Å². The Morgan fingerprint density at radius 2 is 1.15 bits per heavy atom. The summed E-state index contributed by atoms with van der Waals surface area (Å²) in [7, 11) is 0.377. The molecular weight excluding hydrogens is 280 g/mol. The minimum Gasteiger partial charge on any atom is -0.324 e. The molecule has 0 radical (unpaired) electrons. The molecule has 2 N–H and O–H groups in total. The minimum absolute atomic E-state index is 0.105. The van der Waals surface area contributed by atoms with Crippen molar-refractivity contribution in [3.8, 4) is 0 Å². The highest BCUT2D eigenvalue weighted by atomic mass is 31.1. The minimum atomic E-state index is 0.105. The molecule has 0 aromatic heterocycles. The Balaban J connectivity index is 1.81. The topological polar surface area (TPSA) is 26.0 Å². The maximum absolute atomic E-state index is 6.56. The highest BCUT2D eigenvalue weighted by Crippen LogP contribution is 2.70. The van der Waals surface area contributed by atoms with Crippen LogP contribution in [0.15, 0.2) is 0 Å². The molecule has 20 heavy (non-hydrogen) atoms. The van der Waals surface area contributed by atoms with Crippen LogP contribution >= 0.6 is 15.8 Å². The van der Waals surface area contributed by atoms with Gasteiger partial charge in [-0.25, -0.2) is 0 Å². The first-order valence-electron chi connectivity index (χ1n) is 8.79. The Morgan fingerprint density at radius 1 is 0.700 bits per heavy atom. The lowest BCUT2D eigenvalue weighted by atomic mass is 10.1. The van der Waals surface area contributed by atoms with Crippen LogP contribution in [0.3, 0.4) is 0 Å². The quantitative estimate of drug-likeness (QED) is 0.701. The second-order valence-corrected chi connectivity index (χ2v) is 14.3. The molecule has 3 aliphatic rings. The van der Waals surface area contributed by atoms with Gasteiger partial charge < -0.3 is 5.73 Å². The third-order valence-electron chi connectivity index (χ3n) is 6.29. The highest BCUT2D eigenvalue weighted by Gasteiger charge is 2.49. The van der Waals surface area contributed by atoms with Gasteiger partial charge in [-0.2, -0.15) is 0 Å². The molecule has 0 bridgehead atoms. The zero-order valence-corrected chi connectivity index (χ0v) is 15.5. The third-order valence-corrected chi connectivity index (χ3v) is 14.1. The van der Waals surface area contributed by atoms with E-state index >= 15 is 0 Å². The number of hydrogen-bond acceptors (Lipinski definition) is 1. The van der Waals surface area contributed by atoms with Crippen molar-refractivity contribution < 1.29 is 0 Å². The van der Waals surface area contributed by atoms with Crippen LogP contribution in [0.4, 0.5) is 0 Å². The molecule has 3 heteroatoms. The molecule has 1 aliphatic carbocycles. The van der Waals surface area contributed by atoms with Crippen molar-refractivity contribution in [3.63, 3.8) is 0 Å². The molecule has 1 saturated carbocycles. The second kappa shape index (κ2) is 6.14. The van der Waals surface area contributed by atoms with Gasteiger partial charge in [-0.1, -0.05) is 43.5 Å². The van der Waals surface area contributed by atoms with Gasteiger partial charge in [-0.3, -0.25) is 0 Å². The van der Waals surface area contributed by atoms with Gasteiger partial charge >= 0.3 is 0 Å². The molecule has 0 aromatic carbocycles. The average molecular weight is 313 g/mol. The molecule has 0 spiro atoms. The first-order chi connectivity index (χ1) is 9.49. The summed E-state index contributed by atoms with van der Waals surface area (Å²) in [6.45, 7) is 10.1. The summed E-state index contributed by atoms with van der Waals surface area (Å²) >= 11 is 0. The zero-order valence-electron chi connectivity index (χ0n) is 13.8. The van der Waals surface area contributed by atoms with E-state index in [1.807, 2.05) is 0 Å². The highest BCUT2D eigenvalue weighted by molar-refractivity contribution is 7.64. The fourth-order valence-electron chi connectivity index (χ4n) is 5.35. The lowest BCUT2D eigenvalue weighted by molar-refractivity contribution is 0.613. The van der Waals surface area contributed by atoms with Crippen LogP contribution in [0.2, 0.25) is 0 Å². The molecule has 0 amide bonds. The first-order valence-corrected chi connectivity index (χ1v) is 11.9. The van der Waals surface area contributed by atoms with Crippen LogP contribution < -0.4 is 5.73 Å². The summed E-state index contributed by atoms with van der Waals surface area (Å²) in [6, 6.07) is 0. The van der Waals surface area contributed by atoms with Crippen molar-refractivity contribution in [2.24, 2.45) is 11.7 Å². The van der Waals surface area contributed by atoms with Gasteiger partial charge in [-0.15, -0.1) is 0 Å². The molecule has 116 valence electrons. The van der Waals surface area contributed by atoms with Gasteiger partial charge in [0, 0.05) is 5.78 Å². The van der Waals surface area contributed by atoms with Crippen molar-refractivity contribution in [1.82, 2.24) is 0 Å². The molecule has 8 atom stereocenters. The van der Waals surface area contributed by atoms with Crippen LogP contribution in [0.1, 0.15) is 66.2 Å². The van der Waals surface area contributed by atoms with E-state index in [4.69, 9.17) is 5.73 Å². The summed E-state index contributed by atoms with van der Waals surface area (Å²) in [4.78, 5) is 0. The summed E-state index contributed by atoms with van der Waals surface area (Å²) in [6.07, 6.45) is 8.77. The second-order valence-electron chi connectivity index (χ2n) is 7.87. The van der Waals surface area contributed by atoms with Gasteiger partial charge in [0.15, 0.2) is 0 Å². The SMILES string of the molecule is CC1CC(P2[C@H](C)CC[C@H]2C)C(P2[C@H](C)CC[C@H]2N)C1. The standard InChI is InChI=1S/C17H33NP2/c1-11-9-15(19-12(2)5-6-13(19)3)16(10-11)20-14(4)7-8-17(20)18/h11-17H,5-10,18H2,1-4H3/t11?,12-,13-,14-,15?,16?,17+,20?/m1/s1. The van der Waals surface area contributed by atoms with Gasteiger partial charge in [0.05, 0.1) is 0 Å². The smallest absolute Gasteiger partial charge is 0.0248 e. The van der Waals surface area contributed by atoms with E-state index in [-0.39, 0.29) is 15.8 Å². The predicted molar refractivity (Wildman–Crippen MR) is 94.6 cm³/mol. The average Bonchev–Trinajstić information content (AvgIpc) is 3.00. The molecule has 2 saturated heterocycles. The Labute approximate surface area is 128 Å². The summed E-state index contributed by atoms with van der Waals surface area (Å²) in [5.74, 6) is 1.54. The molecule has 2 heterocycles. The van der Waals surface area contributed by atoms with Crippen molar-refractivity contribution in [2.75, 3.05) is 0 Å². The van der Waals surface area contributed by atoms with Crippen molar-refractivity contribution in [3.05, 3.63) is 0 Å². The van der Waals surface area contributed by atoms with E-state index in [1.165, 1.54) is 38.5 Å². The van der Waals surface area contributed by atoms with E-state index in [2.05, 4.69) is 27.7 Å². The summed E-state index contributed by atoms with van der Waals surface area (Å²) in [5.41, 5.74) is 11.7. The van der Waals surface area contributed by atoms with Gasteiger partial charge in [0.25, 0.3) is 0 Å². The lowest BCUT2D eigenvalue weighted by Crippen LogP contribution is -2.28. The Kier molecular flexibility index (Phi) is 4.82. The fraction of sp³-hybridized carbons (Fsp3) is 1.00.